The molecule has 15 heavy (non-hydrogen) atoms. The minimum absolute atomic E-state index is 0.612. The quantitative estimate of drug-likeness (QED) is 0.852. The van der Waals surface area contributed by atoms with E-state index in [1.54, 1.807) is 0 Å². The number of hydrogen-bond donors (Lipinski definition) is 1. The first-order valence-electron chi connectivity index (χ1n) is 5.28. The largest absolute Gasteiger partial charge is 0.398 e. The molecular weight excluding hydrogens is 252 g/mol. The molecule has 0 aliphatic rings. The van der Waals surface area contributed by atoms with Gasteiger partial charge >= 0.3 is 0 Å². The van der Waals surface area contributed by atoms with Crippen LogP contribution in [0.1, 0.15) is 25.8 Å². The molecule has 0 bridgehead atoms. The van der Waals surface area contributed by atoms with Crippen LogP contribution in [0.25, 0.3) is 0 Å². The number of rotatable bonds is 4. The third-order valence-electron chi connectivity index (χ3n) is 2.84. The second-order valence-electron chi connectivity index (χ2n) is 4.03. The fraction of sp³-hybridized carbons (Fsp3) is 0.500. The van der Waals surface area contributed by atoms with Gasteiger partial charge in [-0.3, -0.25) is 4.90 Å². The van der Waals surface area contributed by atoms with Gasteiger partial charge < -0.3 is 5.73 Å². The summed E-state index contributed by atoms with van der Waals surface area (Å²) in [5.41, 5.74) is 7.83. The average molecular weight is 271 g/mol. The number of nitrogens with two attached hydrogens (primary N) is 1. The van der Waals surface area contributed by atoms with Crippen LogP contribution in [0.2, 0.25) is 0 Å². The van der Waals surface area contributed by atoms with Gasteiger partial charge in [-0.15, -0.1) is 0 Å². The molecule has 0 aliphatic heterocycles. The van der Waals surface area contributed by atoms with Gasteiger partial charge in [0.2, 0.25) is 0 Å². The zero-order chi connectivity index (χ0) is 11.4. The molecule has 1 aromatic carbocycles. The third kappa shape index (κ3) is 3.50. The van der Waals surface area contributed by atoms with Gasteiger partial charge in [0.05, 0.1) is 0 Å². The molecular formula is C12H19BrN2. The van der Waals surface area contributed by atoms with E-state index in [4.69, 9.17) is 5.73 Å². The molecule has 0 amide bonds. The van der Waals surface area contributed by atoms with Crippen molar-refractivity contribution >= 4 is 21.6 Å². The van der Waals surface area contributed by atoms with E-state index in [-0.39, 0.29) is 0 Å². The van der Waals surface area contributed by atoms with E-state index < -0.39 is 0 Å². The Hall–Kier alpha value is -0.540. The summed E-state index contributed by atoms with van der Waals surface area (Å²) < 4.78 is 0.984. The van der Waals surface area contributed by atoms with Crippen molar-refractivity contribution in [3.8, 4) is 0 Å². The lowest BCUT2D eigenvalue weighted by Gasteiger charge is -2.23. The minimum Gasteiger partial charge on any atom is -0.398 e. The molecule has 0 radical (unpaired) electrons. The highest BCUT2D eigenvalue weighted by atomic mass is 79.9. The van der Waals surface area contributed by atoms with E-state index in [2.05, 4.69) is 53.9 Å². The summed E-state index contributed by atoms with van der Waals surface area (Å²) in [6.07, 6.45) is 1.17. The van der Waals surface area contributed by atoms with Crippen LogP contribution in [0.3, 0.4) is 0 Å². The van der Waals surface area contributed by atoms with E-state index in [1.807, 2.05) is 6.07 Å². The van der Waals surface area contributed by atoms with Crippen LogP contribution < -0.4 is 5.73 Å². The van der Waals surface area contributed by atoms with Gasteiger partial charge in [-0.2, -0.15) is 0 Å². The number of anilines is 1. The fourth-order valence-corrected chi connectivity index (χ4v) is 1.85. The van der Waals surface area contributed by atoms with Gasteiger partial charge in [-0.05, 0) is 54.0 Å². The summed E-state index contributed by atoms with van der Waals surface area (Å²) in [5.74, 6) is 0. The Morgan fingerprint density at radius 2 is 2.13 bits per heavy atom. The zero-order valence-electron chi connectivity index (χ0n) is 9.63. The van der Waals surface area contributed by atoms with Crippen LogP contribution in [0.5, 0.6) is 0 Å². The highest BCUT2D eigenvalue weighted by Gasteiger charge is 2.07. The van der Waals surface area contributed by atoms with E-state index in [9.17, 15) is 0 Å². The Morgan fingerprint density at radius 3 is 2.67 bits per heavy atom. The summed E-state index contributed by atoms with van der Waals surface area (Å²) in [6, 6.07) is 6.73. The maximum atomic E-state index is 5.75. The van der Waals surface area contributed by atoms with Crippen molar-refractivity contribution in [3.63, 3.8) is 0 Å². The third-order valence-corrected chi connectivity index (χ3v) is 3.53. The monoisotopic (exact) mass is 270 g/mol. The second kappa shape index (κ2) is 5.52. The fourth-order valence-electron chi connectivity index (χ4n) is 1.42. The van der Waals surface area contributed by atoms with Crippen LogP contribution in [0, 0.1) is 0 Å². The van der Waals surface area contributed by atoms with E-state index in [1.165, 1.54) is 12.0 Å². The summed E-state index contributed by atoms with van der Waals surface area (Å²) in [5, 5.41) is 0. The Balaban J connectivity index is 2.68. The van der Waals surface area contributed by atoms with Crippen molar-refractivity contribution in [2.45, 2.75) is 32.9 Å². The molecule has 0 fully saturated rings. The zero-order valence-corrected chi connectivity index (χ0v) is 11.2. The molecule has 84 valence electrons. The molecule has 3 heteroatoms. The number of hydrogen-bond acceptors (Lipinski definition) is 2. The molecule has 0 spiro atoms. The highest BCUT2D eigenvalue weighted by molar-refractivity contribution is 9.10. The Bertz CT molecular complexity index is 325. The molecule has 2 N–H and O–H groups in total. The summed E-state index contributed by atoms with van der Waals surface area (Å²) >= 11 is 3.45. The topological polar surface area (TPSA) is 29.3 Å². The van der Waals surface area contributed by atoms with Gasteiger partial charge in [0.25, 0.3) is 0 Å². The summed E-state index contributed by atoms with van der Waals surface area (Å²) in [7, 11) is 2.15. The molecule has 1 aromatic rings. The van der Waals surface area contributed by atoms with E-state index in [0.717, 1.165) is 16.7 Å². The van der Waals surface area contributed by atoms with Crippen molar-refractivity contribution in [3.05, 3.63) is 28.2 Å². The maximum absolute atomic E-state index is 5.75. The second-order valence-corrected chi connectivity index (χ2v) is 4.88. The lowest BCUT2D eigenvalue weighted by atomic mass is 10.1. The summed E-state index contributed by atoms with van der Waals surface area (Å²) in [4.78, 5) is 2.35. The van der Waals surface area contributed by atoms with Gasteiger partial charge in [0.1, 0.15) is 0 Å². The number of nitrogen functional groups attached to an aromatic ring is 1. The SMILES string of the molecule is CCC(C)N(C)Cc1ccc(N)c(Br)c1. The lowest BCUT2D eigenvalue weighted by Crippen LogP contribution is -2.27. The average Bonchev–Trinajstić information content (AvgIpc) is 2.22. The first-order chi connectivity index (χ1) is 7.04. The van der Waals surface area contributed by atoms with E-state index in [0.29, 0.717) is 6.04 Å². The first-order valence-corrected chi connectivity index (χ1v) is 6.08. The van der Waals surface area contributed by atoms with Gasteiger partial charge in [0, 0.05) is 22.7 Å². The van der Waals surface area contributed by atoms with Gasteiger partial charge in [-0.1, -0.05) is 13.0 Å². The number of nitrogens with zero attached hydrogens (tertiary/aromatic N) is 1. The lowest BCUT2D eigenvalue weighted by molar-refractivity contribution is 0.244. The molecule has 0 aromatic heterocycles. The first kappa shape index (κ1) is 12.5. The molecule has 1 unspecified atom stereocenters. The van der Waals surface area contributed by atoms with Gasteiger partial charge in [-0.25, -0.2) is 0 Å². The summed E-state index contributed by atoms with van der Waals surface area (Å²) in [6.45, 7) is 5.42. The van der Waals surface area contributed by atoms with E-state index >= 15 is 0 Å². The van der Waals surface area contributed by atoms with Crippen LogP contribution in [0.15, 0.2) is 22.7 Å². The van der Waals surface area contributed by atoms with Crippen molar-refractivity contribution in [1.82, 2.24) is 4.90 Å². The Kier molecular flexibility index (Phi) is 4.61. The highest BCUT2D eigenvalue weighted by Crippen LogP contribution is 2.21. The molecule has 1 atom stereocenters. The minimum atomic E-state index is 0.612. The normalized spacial score (nSPS) is 13.1. The smallest absolute Gasteiger partial charge is 0.0458 e. The standard InChI is InChI=1S/C12H19BrN2/c1-4-9(2)15(3)8-10-5-6-12(14)11(13)7-10/h5-7,9H,4,8,14H2,1-3H3. The van der Waals surface area contributed by atoms with Crippen LogP contribution in [-0.4, -0.2) is 18.0 Å². The van der Waals surface area contributed by atoms with Crippen molar-refractivity contribution in [2.75, 3.05) is 12.8 Å². The predicted molar refractivity (Wildman–Crippen MR) is 69.8 cm³/mol. The number of benzene rings is 1. The molecule has 0 saturated heterocycles. The molecule has 2 nitrogen and oxygen atoms in total. The predicted octanol–water partition coefficient (Wildman–Crippen LogP) is 3.26. The van der Waals surface area contributed by atoms with Crippen LogP contribution >= 0.6 is 15.9 Å². The van der Waals surface area contributed by atoms with Gasteiger partial charge in [0.15, 0.2) is 0 Å². The van der Waals surface area contributed by atoms with Crippen molar-refractivity contribution < 1.29 is 0 Å². The van der Waals surface area contributed by atoms with Crippen LogP contribution in [0.4, 0.5) is 5.69 Å². The van der Waals surface area contributed by atoms with Crippen molar-refractivity contribution in [1.29, 1.82) is 0 Å². The Labute approximate surface area is 101 Å². The Morgan fingerprint density at radius 1 is 1.47 bits per heavy atom. The maximum Gasteiger partial charge on any atom is 0.0458 e. The van der Waals surface area contributed by atoms with Crippen molar-refractivity contribution in [2.24, 2.45) is 0 Å². The molecule has 0 saturated carbocycles. The molecule has 0 aliphatic carbocycles. The molecule has 0 heterocycles. The molecule has 1 rings (SSSR count). The number of halogens is 1. The van der Waals surface area contributed by atoms with Crippen LogP contribution in [-0.2, 0) is 6.54 Å².